The quantitative estimate of drug-likeness (QED) is 0.623. The molecule has 3 rings (SSSR count). The van der Waals surface area contributed by atoms with E-state index < -0.39 is 0 Å². The van der Waals surface area contributed by atoms with E-state index in [4.69, 9.17) is 0 Å². The maximum atomic E-state index is 12.6. The van der Waals surface area contributed by atoms with Gasteiger partial charge in [-0.1, -0.05) is 30.3 Å². The maximum Gasteiger partial charge on any atom is 0.259 e. The maximum absolute atomic E-state index is 12.6. The molecule has 1 heterocycles. The molecule has 5 heteroatoms. The lowest BCUT2D eigenvalue weighted by Crippen LogP contribution is -2.14. The Labute approximate surface area is 155 Å². The van der Waals surface area contributed by atoms with E-state index in [9.17, 15) is 4.79 Å². The molecule has 0 aliphatic rings. The van der Waals surface area contributed by atoms with Gasteiger partial charge in [0.1, 0.15) is 0 Å². The number of anilines is 1. The van der Waals surface area contributed by atoms with Crippen LogP contribution in [0.5, 0.6) is 0 Å². The molecular weight excluding hydrogens is 413 g/mol. The Bertz CT molecular complexity index is 854. The number of amides is 1. The largest absolute Gasteiger partial charge is 0.322 e. The molecule has 122 valence electrons. The van der Waals surface area contributed by atoms with Crippen LogP contribution in [0.15, 0.2) is 54.6 Å². The second-order valence-electron chi connectivity index (χ2n) is 5.65. The first-order valence-corrected chi connectivity index (χ1v) is 8.77. The van der Waals surface area contributed by atoms with Crippen molar-refractivity contribution in [1.82, 2.24) is 9.78 Å². The number of nitrogens with zero attached hydrogens (tertiary/aromatic N) is 2. The zero-order valence-corrected chi connectivity index (χ0v) is 15.7. The van der Waals surface area contributed by atoms with Crippen LogP contribution in [0.1, 0.15) is 27.3 Å². The normalized spacial score (nSPS) is 10.6. The van der Waals surface area contributed by atoms with Crippen molar-refractivity contribution in [3.8, 4) is 0 Å². The van der Waals surface area contributed by atoms with E-state index in [2.05, 4.69) is 45.1 Å². The highest BCUT2D eigenvalue weighted by molar-refractivity contribution is 14.1. The van der Waals surface area contributed by atoms with Crippen molar-refractivity contribution >= 4 is 34.2 Å². The lowest BCUT2D eigenvalue weighted by molar-refractivity contribution is 0.102. The van der Waals surface area contributed by atoms with E-state index in [-0.39, 0.29) is 5.91 Å². The minimum absolute atomic E-state index is 0.120. The van der Waals surface area contributed by atoms with E-state index >= 15 is 0 Å². The molecular formula is C19H18IN3O. The van der Waals surface area contributed by atoms with Crippen LogP contribution < -0.4 is 5.32 Å². The van der Waals surface area contributed by atoms with Gasteiger partial charge in [0.25, 0.3) is 5.91 Å². The van der Waals surface area contributed by atoms with Crippen molar-refractivity contribution in [3.63, 3.8) is 0 Å². The number of aryl methyl sites for hydroxylation is 1. The summed E-state index contributed by atoms with van der Waals surface area (Å²) in [5.74, 6) is -0.120. The molecule has 24 heavy (non-hydrogen) atoms. The molecule has 1 aromatic heterocycles. The van der Waals surface area contributed by atoms with E-state index in [1.807, 2.05) is 61.0 Å². The molecule has 1 amide bonds. The van der Waals surface area contributed by atoms with Gasteiger partial charge in [-0.3, -0.25) is 9.48 Å². The fourth-order valence-corrected chi connectivity index (χ4v) is 3.02. The topological polar surface area (TPSA) is 46.9 Å². The first kappa shape index (κ1) is 16.7. The minimum atomic E-state index is -0.120. The third-order valence-electron chi connectivity index (χ3n) is 3.89. The van der Waals surface area contributed by atoms with E-state index in [1.165, 1.54) is 0 Å². The number of halogens is 1. The van der Waals surface area contributed by atoms with Gasteiger partial charge in [0.2, 0.25) is 0 Å². The number of carbonyl (C=O) groups is 1. The third kappa shape index (κ3) is 3.67. The SMILES string of the molecule is Cc1nn(Cc2ccccc2)c(C)c1C(=O)Nc1ccc(I)cc1. The van der Waals surface area contributed by atoms with Crippen LogP contribution in [0, 0.1) is 17.4 Å². The van der Waals surface area contributed by atoms with Crippen LogP contribution in [0.2, 0.25) is 0 Å². The number of nitrogens with one attached hydrogen (secondary N) is 1. The second kappa shape index (κ2) is 7.17. The summed E-state index contributed by atoms with van der Waals surface area (Å²) in [6.45, 7) is 4.47. The Morgan fingerprint density at radius 1 is 1.08 bits per heavy atom. The van der Waals surface area contributed by atoms with Gasteiger partial charge in [0.05, 0.1) is 17.8 Å². The zero-order valence-electron chi connectivity index (χ0n) is 13.6. The van der Waals surface area contributed by atoms with Gasteiger partial charge in [-0.2, -0.15) is 5.10 Å². The second-order valence-corrected chi connectivity index (χ2v) is 6.90. The van der Waals surface area contributed by atoms with Gasteiger partial charge in [0, 0.05) is 15.0 Å². The van der Waals surface area contributed by atoms with Crippen LogP contribution in [0.25, 0.3) is 0 Å². The summed E-state index contributed by atoms with van der Waals surface area (Å²) in [6.07, 6.45) is 0. The highest BCUT2D eigenvalue weighted by atomic mass is 127. The van der Waals surface area contributed by atoms with Crippen LogP contribution in [0.3, 0.4) is 0 Å². The number of hydrogen-bond donors (Lipinski definition) is 1. The average Bonchev–Trinajstić information content (AvgIpc) is 2.84. The predicted molar refractivity (Wildman–Crippen MR) is 104 cm³/mol. The van der Waals surface area contributed by atoms with Gasteiger partial charge in [0.15, 0.2) is 0 Å². The molecule has 3 aromatic rings. The zero-order chi connectivity index (χ0) is 17.1. The standard InChI is InChI=1S/C19H18IN3O/c1-13-18(19(24)21-17-10-8-16(20)9-11-17)14(2)23(22-13)12-15-6-4-3-5-7-15/h3-11H,12H2,1-2H3,(H,21,24). The molecule has 0 saturated heterocycles. The van der Waals surface area contributed by atoms with E-state index in [0.717, 1.165) is 26.2 Å². The summed E-state index contributed by atoms with van der Waals surface area (Å²) >= 11 is 2.24. The fraction of sp³-hybridized carbons (Fsp3) is 0.158. The summed E-state index contributed by atoms with van der Waals surface area (Å²) in [4.78, 5) is 12.6. The number of benzene rings is 2. The summed E-state index contributed by atoms with van der Waals surface area (Å²) in [7, 11) is 0. The molecule has 2 aromatic carbocycles. The summed E-state index contributed by atoms with van der Waals surface area (Å²) < 4.78 is 3.02. The van der Waals surface area contributed by atoms with Gasteiger partial charge >= 0.3 is 0 Å². The molecule has 0 atom stereocenters. The number of aromatic nitrogens is 2. The Balaban J connectivity index is 1.83. The van der Waals surface area contributed by atoms with Gasteiger partial charge in [-0.25, -0.2) is 0 Å². The molecule has 0 fully saturated rings. The van der Waals surface area contributed by atoms with Gasteiger partial charge in [-0.15, -0.1) is 0 Å². The van der Waals surface area contributed by atoms with Crippen molar-refractivity contribution in [1.29, 1.82) is 0 Å². The van der Waals surface area contributed by atoms with Crippen molar-refractivity contribution in [2.75, 3.05) is 5.32 Å². The highest BCUT2D eigenvalue weighted by Crippen LogP contribution is 2.18. The number of hydrogen-bond acceptors (Lipinski definition) is 2. The van der Waals surface area contributed by atoms with E-state index in [0.29, 0.717) is 12.1 Å². The minimum Gasteiger partial charge on any atom is -0.322 e. The van der Waals surface area contributed by atoms with Crippen LogP contribution in [0.4, 0.5) is 5.69 Å². The van der Waals surface area contributed by atoms with Gasteiger partial charge < -0.3 is 5.32 Å². The molecule has 0 aliphatic carbocycles. The van der Waals surface area contributed by atoms with E-state index in [1.54, 1.807) is 0 Å². The van der Waals surface area contributed by atoms with Crippen molar-refractivity contribution in [3.05, 3.63) is 80.7 Å². The monoisotopic (exact) mass is 431 g/mol. The molecule has 0 aliphatic heterocycles. The van der Waals surface area contributed by atoms with Crippen LogP contribution in [-0.2, 0) is 6.54 Å². The Morgan fingerprint density at radius 3 is 2.42 bits per heavy atom. The first-order chi connectivity index (χ1) is 11.5. The molecule has 4 nitrogen and oxygen atoms in total. The average molecular weight is 431 g/mol. The van der Waals surface area contributed by atoms with Crippen molar-refractivity contribution in [2.24, 2.45) is 0 Å². The Hall–Kier alpha value is -2.15. The predicted octanol–water partition coefficient (Wildman–Crippen LogP) is 4.41. The lowest BCUT2D eigenvalue weighted by Gasteiger charge is -2.07. The lowest BCUT2D eigenvalue weighted by atomic mass is 10.1. The summed E-state index contributed by atoms with van der Waals surface area (Å²) in [5.41, 5.74) is 4.21. The summed E-state index contributed by atoms with van der Waals surface area (Å²) in [6, 6.07) is 17.9. The third-order valence-corrected chi connectivity index (χ3v) is 4.60. The van der Waals surface area contributed by atoms with Crippen LogP contribution in [-0.4, -0.2) is 15.7 Å². The Morgan fingerprint density at radius 2 is 1.75 bits per heavy atom. The van der Waals surface area contributed by atoms with Crippen molar-refractivity contribution < 1.29 is 4.79 Å². The summed E-state index contributed by atoms with van der Waals surface area (Å²) in [5, 5.41) is 7.49. The fourth-order valence-electron chi connectivity index (χ4n) is 2.66. The van der Waals surface area contributed by atoms with Crippen molar-refractivity contribution in [2.45, 2.75) is 20.4 Å². The first-order valence-electron chi connectivity index (χ1n) is 7.69. The highest BCUT2D eigenvalue weighted by Gasteiger charge is 2.18. The van der Waals surface area contributed by atoms with Gasteiger partial charge in [-0.05, 0) is 66.3 Å². The molecule has 0 radical (unpaired) electrons. The molecule has 1 N–H and O–H groups in total. The smallest absolute Gasteiger partial charge is 0.259 e. The number of carbonyl (C=O) groups excluding carboxylic acids is 1. The molecule has 0 spiro atoms. The van der Waals surface area contributed by atoms with Crippen LogP contribution >= 0.6 is 22.6 Å². The molecule has 0 bridgehead atoms. The number of rotatable bonds is 4. The Kier molecular flexibility index (Phi) is 4.99. The molecule has 0 unspecified atom stereocenters. The molecule has 0 saturated carbocycles.